The van der Waals surface area contributed by atoms with E-state index in [0.29, 0.717) is 23.1 Å². The lowest BCUT2D eigenvalue weighted by Gasteiger charge is -2.52. The first-order chi connectivity index (χ1) is 19.2. The molecule has 41 heavy (non-hydrogen) atoms. The van der Waals surface area contributed by atoms with Crippen LogP contribution in [0.3, 0.4) is 0 Å². The molecular formula is C30H37N3O8. The maximum Gasteiger partial charge on any atom is 0.235 e. The van der Waals surface area contributed by atoms with Gasteiger partial charge in [0.2, 0.25) is 5.91 Å². The van der Waals surface area contributed by atoms with Crippen LogP contribution in [0, 0.1) is 35.5 Å². The molecule has 4 N–H and O–H groups in total. The Morgan fingerprint density at radius 1 is 1.15 bits per heavy atom. The molecule has 11 heteroatoms. The van der Waals surface area contributed by atoms with E-state index in [1.807, 2.05) is 0 Å². The van der Waals surface area contributed by atoms with E-state index >= 15 is 0 Å². The first-order valence-corrected chi connectivity index (χ1v) is 14.3. The number of nitrogens with two attached hydrogens (primary N) is 1. The van der Waals surface area contributed by atoms with Gasteiger partial charge >= 0.3 is 0 Å². The number of methoxy groups -OCH3 is 1. The molecule has 1 aliphatic heterocycles. The first kappa shape index (κ1) is 28.0. The van der Waals surface area contributed by atoms with Crippen molar-refractivity contribution in [3.05, 3.63) is 22.8 Å². The summed E-state index contributed by atoms with van der Waals surface area (Å²) in [5.41, 5.74) is 3.91. The number of likely N-dealkylation sites (N-methyl/N-ethyl adjacent to an activating group) is 1. The molecule has 5 aliphatic rings. The van der Waals surface area contributed by atoms with Gasteiger partial charge in [0.25, 0.3) is 0 Å². The van der Waals surface area contributed by atoms with Gasteiger partial charge in [-0.1, -0.05) is 0 Å². The second-order valence-corrected chi connectivity index (χ2v) is 13.1. The highest BCUT2D eigenvalue weighted by Gasteiger charge is 2.69. The number of likely N-dealkylation sites (tertiary alicyclic amines) is 1. The molecule has 1 saturated heterocycles. The van der Waals surface area contributed by atoms with Gasteiger partial charge in [-0.15, -0.1) is 0 Å². The van der Waals surface area contributed by atoms with E-state index in [-0.39, 0.29) is 36.2 Å². The molecule has 3 saturated carbocycles. The molecule has 0 bridgehead atoms. The average Bonchev–Trinajstić information content (AvgIpc) is 3.54. The summed E-state index contributed by atoms with van der Waals surface area (Å²) < 4.78 is 5.93. The SMILES string of the molecule is COc1c(C2C3CC3CN2C(C)C)cc(O)c2c1CC1CC3C(N(C)C)C(=O)C(C(N)=O)C(=O)C3(O)C(=O)C1C2=O. The maximum absolute atomic E-state index is 14.0. The van der Waals surface area contributed by atoms with E-state index in [9.17, 15) is 34.2 Å². The fourth-order valence-corrected chi connectivity index (χ4v) is 8.58. The number of primary amides is 1. The number of phenols is 1. The number of aliphatic hydroxyl groups is 1. The lowest BCUT2D eigenvalue weighted by atomic mass is 9.52. The van der Waals surface area contributed by atoms with Gasteiger partial charge in [0.15, 0.2) is 34.7 Å². The van der Waals surface area contributed by atoms with Crippen LogP contribution in [-0.4, -0.2) is 94.5 Å². The molecule has 9 atom stereocenters. The van der Waals surface area contributed by atoms with Crippen molar-refractivity contribution in [1.29, 1.82) is 0 Å². The van der Waals surface area contributed by atoms with Crippen molar-refractivity contribution in [2.24, 2.45) is 41.2 Å². The Morgan fingerprint density at radius 3 is 2.41 bits per heavy atom. The Kier molecular flexibility index (Phi) is 6.26. The third-order valence-electron chi connectivity index (χ3n) is 10.4. The van der Waals surface area contributed by atoms with Crippen LogP contribution in [0.1, 0.15) is 54.2 Å². The number of ketones is 4. The topological polar surface area (TPSA) is 168 Å². The third kappa shape index (κ3) is 3.64. The van der Waals surface area contributed by atoms with E-state index in [1.54, 1.807) is 20.2 Å². The van der Waals surface area contributed by atoms with Crippen molar-refractivity contribution >= 4 is 29.0 Å². The van der Waals surface area contributed by atoms with Crippen molar-refractivity contribution < 1.29 is 38.9 Å². The summed E-state index contributed by atoms with van der Waals surface area (Å²) in [5, 5.41) is 23.0. The van der Waals surface area contributed by atoms with Gasteiger partial charge in [-0.05, 0) is 71.0 Å². The number of rotatable bonds is 5. The van der Waals surface area contributed by atoms with E-state index in [2.05, 4.69) is 18.7 Å². The fraction of sp³-hybridized carbons (Fsp3) is 0.633. The molecular weight excluding hydrogens is 530 g/mol. The summed E-state index contributed by atoms with van der Waals surface area (Å²) in [5.74, 6) is -9.01. The number of hydrogen-bond donors (Lipinski definition) is 3. The number of carbonyl (C=O) groups excluding carboxylic acids is 5. The van der Waals surface area contributed by atoms with Crippen LogP contribution in [0.2, 0.25) is 0 Å². The number of Topliss-reactive ketones (excluding diaryl/α,β-unsaturated/α-hetero) is 4. The lowest BCUT2D eigenvalue weighted by molar-refractivity contribution is -0.181. The Balaban J connectivity index is 1.47. The van der Waals surface area contributed by atoms with Gasteiger partial charge < -0.3 is 20.7 Å². The van der Waals surface area contributed by atoms with Gasteiger partial charge in [0, 0.05) is 35.7 Å². The predicted molar refractivity (Wildman–Crippen MR) is 144 cm³/mol. The van der Waals surface area contributed by atoms with Crippen LogP contribution in [0.15, 0.2) is 6.07 Å². The van der Waals surface area contributed by atoms with E-state index in [1.165, 1.54) is 12.0 Å². The number of fused-ring (bicyclic) bond motifs is 4. The molecule has 1 aromatic carbocycles. The monoisotopic (exact) mass is 567 g/mol. The van der Waals surface area contributed by atoms with Crippen LogP contribution in [0.4, 0.5) is 0 Å². The number of nitrogens with zero attached hydrogens (tertiary/aromatic N) is 2. The molecule has 6 rings (SSSR count). The zero-order valence-electron chi connectivity index (χ0n) is 23.9. The summed E-state index contributed by atoms with van der Waals surface area (Å²) in [6.07, 6.45) is 1.27. The zero-order chi connectivity index (χ0) is 29.9. The molecule has 1 aromatic rings. The Morgan fingerprint density at radius 2 is 1.83 bits per heavy atom. The van der Waals surface area contributed by atoms with Crippen LogP contribution in [0.5, 0.6) is 11.5 Å². The third-order valence-corrected chi connectivity index (χ3v) is 10.4. The molecule has 4 aliphatic carbocycles. The van der Waals surface area contributed by atoms with Crippen molar-refractivity contribution in [1.82, 2.24) is 9.80 Å². The van der Waals surface area contributed by atoms with Crippen molar-refractivity contribution in [2.75, 3.05) is 27.7 Å². The summed E-state index contributed by atoms with van der Waals surface area (Å²) in [6, 6.07) is 0.721. The highest BCUT2D eigenvalue weighted by atomic mass is 16.5. The Labute approximate surface area is 238 Å². The molecule has 4 fully saturated rings. The van der Waals surface area contributed by atoms with Gasteiger partial charge in [0.1, 0.15) is 11.5 Å². The molecule has 0 radical (unpaired) electrons. The Hall–Kier alpha value is -3.15. The zero-order valence-corrected chi connectivity index (χ0v) is 23.9. The van der Waals surface area contributed by atoms with Gasteiger partial charge in [-0.2, -0.15) is 0 Å². The second kappa shape index (κ2) is 9.17. The standard InChI is InChI=1S/C30H37N3O8/c1-11(2)33-10-13-7-14(13)22(33)16-9-18(34)20-15(26(16)41-5)6-12-8-17-23(32(3)4)25(36)21(29(31)39)28(38)30(17,40)27(37)19(12)24(20)35/h9,11-14,17,19,21-23,34,40H,6-8,10H2,1-5H3,(H2,31,39). The highest BCUT2D eigenvalue weighted by Crippen LogP contribution is 2.60. The predicted octanol–water partition coefficient (Wildman–Crippen LogP) is 0.277. The van der Waals surface area contributed by atoms with Gasteiger partial charge in [-0.25, -0.2) is 0 Å². The second-order valence-electron chi connectivity index (χ2n) is 13.1. The van der Waals surface area contributed by atoms with Gasteiger partial charge in [-0.3, -0.25) is 33.8 Å². The molecule has 0 spiro atoms. The number of aromatic hydroxyl groups is 1. The quantitative estimate of drug-likeness (QED) is 0.420. The molecule has 9 unspecified atom stereocenters. The number of hydrogen-bond acceptors (Lipinski definition) is 10. The van der Waals surface area contributed by atoms with E-state index < -0.39 is 64.4 Å². The normalized spacial score (nSPS) is 38.0. The number of amides is 1. The summed E-state index contributed by atoms with van der Waals surface area (Å²) in [7, 11) is 4.66. The number of piperidine rings is 1. The minimum absolute atomic E-state index is 0.00425. The number of ether oxygens (including phenoxy) is 1. The highest BCUT2D eigenvalue weighted by molar-refractivity contribution is 6.32. The number of benzene rings is 1. The van der Waals surface area contributed by atoms with Crippen molar-refractivity contribution in [3.8, 4) is 11.5 Å². The first-order valence-electron chi connectivity index (χ1n) is 14.3. The molecule has 220 valence electrons. The van der Waals surface area contributed by atoms with E-state index in [0.717, 1.165) is 18.5 Å². The van der Waals surface area contributed by atoms with Gasteiger partial charge in [0.05, 0.1) is 24.6 Å². The summed E-state index contributed by atoms with van der Waals surface area (Å²) in [6.45, 7) is 5.21. The molecule has 11 nitrogen and oxygen atoms in total. The number of carbonyl (C=O) groups is 5. The molecule has 1 heterocycles. The van der Waals surface area contributed by atoms with Crippen LogP contribution < -0.4 is 10.5 Å². The van der Waals surface area contributed by atoms with Crippen LogP contribution >= 0.6 is 0 Å². The lowest BCUT2D eigenvalue weighted by Crippen LogP contribution is -2.74. The maximum atomic E-state index is 14.0. The smallest absolute Gasteiger partial charge is 0.235 e. The summed E-state index contributed by atoms with van der Waals surface area (Å²) >= 11 is 0. The van der Waals surface area contributed by atoms with E-state index in [4.69, 9.17) is 10.5 Å². The molecule has 1 amide bonds. The van der Waals surface area contributed by atoms with Crippen LogP contribution in [-0.2, 0) is 25.6 Å². The minimum Gasteiger partial charge on any atom is -0.507 e. The Bertz CT molecular complexity index is 1400. The fourth-order valence-electron chi connectivity index (χ4n) is 8.58. The summed E-state index contributed by atoms with van der Waals surface area (Å²) in [4.78, 5) is 70.7. The number of phenolic OH excluding ortho intramolecular Hbond substituents is 1. The van der Waals surface area contributed by atoms with Crippen molar-refractivity contribution in [2.45, 2.75) is 56.8 Å². The van der Waals surface area contributed by atoms with Crippen LogP contribution in [0.25, 0.3) is 0 Å². The minimum atomic E-state index is -2.74. The largest absolute Gasteiger partial charge is 0.507 e. The van der Waals surface area contributed by atoms with Crippen molar-refractivity contribution in [3.63, 3.8) is 0 Å². The molecule has 0 aromatic heterocycles. The average molecular weight is 568 g/mol.